The van der Waals surface area contributed by atoms with Gasteiger partial charge in [0.2, 0.25) is 0 Å². The number of hydrogen-bond acceptors (Lipinski definition) is 3. The Morgan fingerprint density at radius 1 is 1.09 bits per heavy atom. The molecule has 0 unspecified atom stereocenters. The zero-order chi connectivity index (χ0) is 16.1. The third kappa shape index (κ3) is 3.59. The molecule has 0 spiro atoms. The van der Waals surface area contributed by atoms with Crippen LogP contribution in [0.4, 0.5) is 0 Å². The molecule has 0 aromatic heterocycles. The van der Waals surface area contributed by atoms with Crippen LogP contribution in [0.3, 0.4) is 0 Å². The summed E-state index contributed by atoms with van der Waals surface area (Å²) < 4.78 is 10.4. The zero-order valence-corrected chi connectivity index (χ0v) is 12.9. The van der Waals surface area contributed by atoms with Crippen molar-refractivity contribution >= 4 is 29.2 Å². The largest absolute Gasteiger partial charge is 0.497 e. The van der Waals surface area contributed by atoms with E-state index in [2.05, 4.69) is 0 Å². The van der Waals surface area contributed by atoms with Crippen molar-refractivity contribution in [3.05, 3.63) is 58.6 Å². The van der Waals surface area contributed by atoms with Gasteiger partial charge in [-0.1, -0.05) is 23.7 Å². The molecule has 0 saturated heterocycles. The molecule has 0 atom stereocenters. The highest BCUT2D eigenvalue weighted by Gasteiger charge is 2.12. The van der Waals surface area contributed by atoms with Gasteiger partial charge in [-0.2, -0.15) is 0 Å². The molecule has 4 nitrogen and oxygen atoms in total. The molecular weight excluding hydrogens is 304 g/mol. The Morgan fingerprint density at radius 3 is 2.32 bits per heavy atom. The number of carboxylic acids is 1. The maximum Gasteiger partial charge on any atom is 0.336 e. The van der Waals surface area contributed by atoms with Gasteiger partial charge in [0, 0.05) is 16.7 Å². The minimum absolute atomic E-state index is 0.153. The van der Waals surface area contributed by atoms with Crippen molar-refractivity contribution in [2.45, 2.75) is 0 Å². The molecular formula is C17H15ClO4. The molecule has 5 heteroatoms. The monoisotopic (exact) mass is 318 g/mol. The fourth-order valence-corrected chi connectivity index (χ4v) is 2.12. The van der Waals surface area contributed by atoms with Crippen LogP contribution in [0.15, 0.2) is 42.5 Å². The summed E-state index contributed by atoms with van der Waals surface area (Å²) in [5.74, 6) is 0.143. The van der Waals surface area contributed by atoms with Gasteiger partial charge in [-0.15, -0.1) is 0 Å². The molecule has 0 saturated carbocycles. The lowest BCUT2D eigenvalue weighted by Crippen LogP contribution is -2.00. The summed E-state index contributed by atoms with van der Waals surface area (Å²) in [4.78, 5) is 11.5. The van der Waals surface area contributed by atoms with Crippen LogP contribution in [0.1, 0.15) is 11.1 Å². The summed E-state index contributed by atoms with van der Waals surface area (Å²) in [6.45, 7) is 0. The number of aliphatic carboxylic acids is 1. The predicted molar refractivity (Wildman–Crippen MR) is 86.5 cm³/mol. The van der Waals surface area contributed by atoms with Crippen molar-refractivity contribution in [1.29, 1.82) is 0 Å². The quantitative estimate of drug-likeness (QED) is 0.669. The number of hydrogen-bond donors (Lipinski definition) is 1. The van der Waals surface area contributed by atoms with Gasteiger partial charge in [0.05, 0.1) is 19.8 Å². The number of benzene rings is 2. The van der Waals surface area contributed by atoms with Gasteiger partial charge in [-0.3, -0.25) is 0 Å². The number of ether oxygens (including phenoxy) is 2. The lowest BCUT2D eigenvalue weighted by molar-refractivity contribution is -0.130. The Labute approximate surface area is 133 Å². The fraction of sp³-hybridized carbons (Fsp3) is 0.118. The van der Waals surface area contributed by atoms with E-state index >= 15 is 0 Å². The summed E-state index contributed by atoms with van der Waals surface area (Å²) in [7, 11) is 3.08. The highest BCUT2D eigenvalue weighted by Crippen LogP contribution is 2.29. The van der Waals surface area contributed by atoms with Crippen molar-refractivity contribution in [2.75, 3.05) is 14.2 Å². The molecule has 0 radical (unpaired) electrons. The van der Waals surface area contributed by atoms with Gasteiger partial charge in [0.15, 0.2) is 0 Å². The molecule has 0 aliphatic carbocycles. The Kier molecular flexibility index (Phi) is 5.07. The molecule has 114 valence electrons. The predicted octanol–water partition coefficient (Wildman–Crippen LogP) is 3.98. The van der Waals surface area contributed by atoms with Crippen LogP contribution in [-0.4, -0.2) is 25.3 Å². The second-order valence-corrected chi connectivity index (χ2v) is 4.91. The molecule has 0 aliphatic heterocycles. The fourth-order valence-electron chi connectivity index (χ4n) is 1.99. The van der Waals surface area contributed by atoms with E-state index in [9.17, 15) is 9.90 Å². The van der Waals surface area contributed by atoms with Gasteiger partial charge in [-0.05, 0) is 35.9 Å². The van der Waals surface area contributed by atoms with Gasteiger partial charge >= 0.3 is 5.97 Å². The van der Waals surface area contributed by atoms with E-state index in [1.165, 1.54) is 7.11 Å². The van der Waals surface area contributed by atoms with Crippen molar-refractivity contribution in [1.82, 2.24) is 0 Å². The second-order valence-electron chi connectivity index (χ2n) is 4.48. The Hall–Kier alpha value is -2.46. The van der Waals surface area contributed by atoms with E-state index < -0.39 is 5.97 Å². The standard InChI is InChI=1S/C17H15ClO4/c1-21-14-8-5-12(16(10-14)22-2)9-15(17(19)20)11-3-6-13(18)7-4-11/h3-10H,1-2H3,(H,19,20)/b15-9-. The third-order valence-corrected chi connectivity index (χ3v) is 3.38. The van der Waals surface area contributed by atoms with Crippen molar-refractivity contribution in [3.8, 4) is 11.5 Å². The van der Waals surface area contributed by atoms with Crippen LogP contribution >= 0.6 is 11.6 Å². The summed E-state index contributed by atoms with van der Waals surface area (Å²) in [5.41, 5.74) is 1.37. The van der Waals surface area contributed by atoms with Crippen molar-refractivity contribution in [3.63, 3.8) is 0 Å². The van der Waals surface area contributed by atoms with Gasteiger partial charge in [0.25, 0.3) is 0 Å². The molecule has 2 aromatic carbocycles. The highest BCUT2D eigenvalue weighted by molar-refractivity contribution is 6.30. The molecule has 0 fully saturated rings. The molecule has 1 N–H and O–H groups in total. The van der Waals surface area contributed by atoms with Gasteiger partial charge < -0.3 is 14.6 Å². The summed E-state index contributed by atoms with van der Waals surface area (Å²) in [6.07, 6.45) is 1.56. The Morgan fingerprint density at radius 2 is 1.77 bits per heavy atom. The van der Waals surface area contributed by atoms with Crippen LogP contribution in [0.2, 0.25) is 5.02 Å². The summed E-state index contributed by atoms with van der Waals surface area (Å²) in [5, 5.41) is 10.0. The zero-order valence-electron chi connectivity index (χ0n) is 12.2. The van der Waals surface area contributed by atoms with E-state index in [1.807, 2.05) is 0 Å². The summed E-state index contributed by atoms with van der Waals surface area (Å²) in [6, 6.07) is 11.8. The summed E-state index contributed by atoms with van der Waals surface area (Å²) >= 11 is 5.84. The van der Waals surface area contributed by atoms with Crippen LogP contribution in [0.5, 0.6) is 11.5 Å². The first-order valence-corrected chi connectivity index (χ1v) is 6.86. The molecule has 0 heterocycles. The van der Waals surface area contributed by atoms with Gasteiger partial charge in [0.1, 0.15) is 11.5 Å². The van der Waals surface area contributed by atoms with Crippen LogP contribution in [0, 0.1) is 0 Å². The van der Waals surface area contributed by atoms with Crippen LogP contribution in [0.25, 0.3) is 11.6 Å². The maximum absolute atomic E-state index is 11.5. The van der Waals surface area contributed by atoms with Crippen LogP contribution < -0.4 is 9.47 Å². The van der Waals surface area contributed by atoms with E-state index in [1.54, 1.807) is 55.7 Å². The Bertz CT molecular complexity index is 705. The molecule has 0 amide bonds. The number of carboxylic acid groups (broad SMARTS) is 1. The molecule has 0 bridgehead atoms. The normalized spacial score (nSPS) is 11.1. The van der Waals surface area contributed by atoms with E-state index in [-0.39, 0.29) is 5.57 Å². The second kappa shape index (κ2) is 7.00. The molecule has 2 rings (SSSR count). The SMILES string of the molecule is COc1ccc(/C=C(\C(=O)O)c2ccc(Cl)cc2)c(OC)c1. The number of carbonyl (C=O) groups is 1. The first kappa shape index (κ1) is 15.9. The minimum atomic E-state index is -1.03. The average molecular weight is 319 g/mol. The van der Waals surface area contributed by atoms with E-state index in [4.69, 9.17) is 21.1 Å². The average Bonchev–Trinajstić information content (AvgIpc) is 2.53. The van der Waals surface area contributed by atoms with E-state index in [0.29, 0.717) is 27.6 Å². The number of halogens is 1. The highest BCUT2D eigenvalue weighted by atomic mass is 35.5. The minimum Gasteiger partial charge on any atom is -0.497 e. The number of rotatable bonds is 5. The maximum atomic E-state index is 11.5. The van der Waals surface area contributed by atoms with Crippen molar-refractivity contribution < 1.29 is 19.4 Å². The third-order valence-electron chi connectivity index (χ3n) is 3.13. The lowest BCUT2D eigenvalue weighted by Gasteiger charge is -2.09. The number of methoxy groups -OCH3 is 2. The molecule has 2 aromatic rings. The first-order valence-electron chi connectivity index (χ1n) is 6.48. The van der Waals surface area contributed by atoms with Crippen molar-refractivity contribution in [2.24, 2.45) is 0 Å². The molecule has 22 heavy (non-hydrogen) atoms. The Balaban J connectivity index is 2.51. The molecule has 0 aliphatic rings. The lowest BCUT2D eigenvalue weighted by atomic mass is 10.0. The smallest absolute Gasteiger partial charge is 0.336 e. The first-order chi connectivity index (χ1) is 10.5. The van der Waals surface area contributed by atoms with Crippen LogP contribution in [-0.2, 0) is 4.79 Å². The van der Waals surface area contributed by atoms with Gasteiger partial charge in [-0.25, -0.2) is 4.79 Å². The van der Waals surface area contributed by atoms with E-state index in [0.717, 1.165) is 0 Å². The topological polar surface area (TPSA) is 55.8 Å².